The Bertz CT molecular complexity index is 1250. The molecule has 5 N–H and O–H groups in total. The quantitative estimate of drug-likeness (QED) is 0.317. The highest BCUT2D eigenvalue weighted by molar-refractivity contribution is 7.88. The number of rotatable bonds is 9. The van der Waals surface area contributed by atoms with E-state index in [-0.39, 0.29) is 17.1 Å². The van der Waals surface area contributed by atoms with Crippen molar-refractivity contribution in [2.75, 3.05) is 29.5 Å². The van der Waals surface area contributed by atoms with Gasteiger partial charge in [0.15, 0.2) is 0 Å². The third-order valence-electron chi connectivity index (χ3n) is 4.66. The van der Waals surface area contributed by atoms with Crippen LogP contribution in [0.2, 0.25) is 0 Å². The first kappa shape index (κ1) is 24.7. The van der Waals surface area contributed by atoms with Gasteiger partial charge in [0.1, 0.15) is 5.82 Å². The van der Waals surface area contributed by atoms with E-state index in [1.54, 1.807) is 37.3 Å². The van der Waals surface area contributed by atoms with E-state index in [0.29, 0.717) is 23.5 Å². The van der Waals surface area contributed by atoms with Crippen LogP contribution >= 0.6 is 0 Å². The summed E-state index contributed by atoms with van der Waals surface area (Å²) in [6.07, 6.45) is 1.37. The van der Waals surface area contributed by atoms with Crippen LogP contribution in [-0.2, 0) is 15.8 Å². The average Bonchev–Trinajstić information content (AvgIpc) is 2.81. The second kappa shape index (κ2) is 11.3. The smallest absolute Gasteiger partial charge is 0.320 e. The molecule has 3 rings (SSSR count). The molecule has 0 unspecified atom stereocenters. The maximum Gasteiger partial charge on any atom is 0.320 e. The average molecular weight is 483 g/mol. The fourth-order valence-corrected chi connectivity index (χ4v) is 3.76. The van der Waals surface area contributed by atoms with Crippen LogP contribution in [0.3, 0.4) is 0 Å². The number of sulfonamides is 1. The van der Waals surface area contributed by atoms with Crippen LogP contribution in [-0.4, -0.2) is 38.9 Å². The van der Waals surface area contributed by atoms with Crippen molar-refractivity contribution in [2.24, 2.45) is 0 Å². The van der Waals surface area contributed by atoms with Crippen LogP contribution in [0.1, 0.15) is 22.8 Å². The number of urea groups is 1. The predicted octanol–water partition coefficient (Wildman–Crippen LogP) is 3.27. The van der Waals surface area contributed by atoms with Crippen molar-refractivity contribution in [3.8, 4) is 0 Å². The lowest BCUT2D eigenvalue weighted by atomic mass is 10.1. The number of hydrogen-bond donors (Lipinski definition) is 5. The molecular weight excluding hydrogens is 456 g/mol. The molecule has 34 heavy (non-hydrogen) atoms. The van der Waals surface area contributed by atoms with Gasteiger partial charge in [0, 0.05) is 30.2 Å². The van der Waals surface area contributed by atoms with Gasteiger partial charge in [-0.3, -0.25) is 10.1 Å². The van der Waals surface area contributed by atoms with Crippen molar-refractivity contribution in [3.63, 3.8) is 0 Å². The van der Waals surface area contributed by atoms with E-state index >= 15 is 0 Å². The number of anilines is 4. The van der Waals surface area contributed by atoms with E-state index in [0.717, 1.165) is 5.69 Å². The standard InChI is InChI=1S/C23H26N6O4S/c1-3-25-23(31)29-21-13-20(27-17-7-5-4-6-8-17)19(14-26-21)22(30)28-18-11-9-16(10-12-18)15-34(32,33)24-2/h4-14,24H,3,15H2,1-2H3,(H,28,30)(H3,25,26,27,29,31). The van der Waals surface area contributed by atoms with Gasteiger partial charge < -0.3 is 16.0 Å². The van der Waals surface area contributed by atoms with Crippen molar-refractivity contribution < 1.29 is 18.0 Å². The summed E-state index contributed by atoms with van der Waals surface area (Å²) in [6, 6.07) is 17.0. The normalized spacial score (nSPS) is 10.9. The van der Waals surface area contributed by atoms with E-state index in [1.807, 2.05) is 30.3 Å². The Labute approximate surface area is 198 Å². The van der Waals surface area contributed by atoms with Gasteiger partial charge >= 0.3 is 6.03 Å². The highest BCUT2D eigenvalue weighted by Crippen LogP contribution is 2.24. The third-order valence-corrected chi connectivity index (χ3v) is 6.00. The third kappa shape index (κ3) is 7.02. The SMILES string of the molecule is CCNC(=O)Nc1cc(Nc2ccccc2)c(C(=O)Nc2ccc(CS(=O)(=O)NC)cc2)cn1. The minimum Gasteiger partial charge on any atom is -0.355 e. The number of para-hydroxylation sites is 1. The number of hydrogen-bond acceptors (Lipinski definition) is 6. The van der Waals surface area contributed by atoms with Crippen molar-refractivity contribution in [2.45, 2.75) is 12.7 Å². The number of benzene rings is 2. The summed E-state index contributed by atoms with van der Waals surface area (Å²) < 4.78 is 25.7. The minimum absolute atomic E-state index is 0.160. The Hall–Kier alpha value is -3.96. The van der Waals surface area contributed by atoms with Gasteiger partial charge in [-0.2, -0.15) is 0 Å². The van der Waals surface area contributed by atoms with Crippen molar-refractivity contribution in [3.05, 3.63) is 78.0 Å². The summed E-state index contributed by atoms with van der Waals surface area (Å²) in [5, 5.41) is 11.2. The molecule has 1 heterocycles. The molecular formula is C23H26N6O4S. The van der Waals surface area contributed by atoms with E-state index in [9.17, 15) is 18.0 Å². The van der Waals surface area contributed by atoms with E-state index in [4.69, 9.17) is 0 Å². The number of pyridine rings is 1. The zero-order valence-corrected chi connectivity index (χ0v) is 19.6. The molecule has 0 saturated carbocycles. The topological polar surface area (TPSA) is 141 Å². The Morgan fingerprint density at radius 1 is 0.941 bits per heavy atom. The summed E-state index contributed by atoms with van der Waals surface area (Å²) in [7, 11) is -2.03. The predicted molar refractivity (Wildman–Crippen MR) is 133 cm³/mol. The maximum absolute atomic E-state index is 13.0. The van der Waals surface area contributed by atoms with Gasteiger partial charge in [0.05, 0.1) is 17.0 Å². The van der Waals surface area contributed by atoms with Crippen LogP contribution in [0, 0.1) is 0 Å². The molecule has 0 aliphatic carbocycles. The molecule has 0 spiro atoms. The van der Waals surface area contributed by atoms with Crippen LogP contribution in [0.4, 0.5) is 27.7 Å². The Kier molecular flexibility index (Phi) is 8.17. The van der Waals surface area contributed by atoms with Crippen LogP contribution in [0.5, 0.6) is 0 Å². The Morgan fingerprint density at radius 3 is 2.29 bits per heavy atom. The molecule has 3 amide bonds. The minimum atomic E-state index is -3.39. The highest BCUT2D eigenvalue weighted by atomic mass is 32.2. The first-order valence-electron chi connectivity index (χ1n) is 10.5. The fraction of sp³-hybridized carbons (Fsp3) is 0.174. The van der Waals surface area contributed by atoms with E-state index in [1.165, 1.54) is 13.2 Å². The molecule has 3 aromatic rings. The largest absolute Gasteiger partial charge is 0.355 e. The van der Waals surface area contributed by atoms with Crippen LogP contribution in [0.15, 0.2) is 66.9 Å². The molecule has 0 radical (unpaired) electrons. The highest BCUT2D eigenvalue weighted by Gasteiger charge is 2.16. The molecule has 0 atom stereocenters. The van der Waals surface area contributed by atoms with Gasteiger partial charge in [0.2, 0.25) is 10.0 Å². The number of carbonyl (C=O) groups excluding carboxylic acids is 2. The van der Waals surface area contributed by atoms with Gasteiger partial charge in [-0.05, 0) is 43.8 Å². The monoisotopic (exact) mass is 482 g/mol. The zero-order valence-electron chi connectivity index (χ0n) is 18.8. The molecule has 0 fully saturated rings. The number of nitrogens with zero attached hydrogens (tertiary/aromatic N) is 1. The summed E-state index contributed by atoms with van der Waals surface area (Å²) in [5.41, 5.74) is 2.53. The van der Waals surface area contributed by atoms with Gasteiger partial charge in [-0.15, -0.1) is 0 Å². The molecule has 10 nitrogen and oxygen atoms in total. The number of amides is 3. The van der Waals surface area contributed by atoms with Crippen molar-refractivity contribution >= 4 is 44.8 Å². The maximum atomic E-state index is 13.0. The molecule has 0 aliphatic rings. The molecule has 1 aromatic heterocycles. The number of nitrogens with one attached hydrogen (secondary N) is 5. The lowest BCUT2D eigenvalue weighted by Crippen LogP contribution is -2.28. The van der Waals surface area contributed by atoms with Gasteiger partial charge in [-0.1, -0.05) is 30.3 Å². The van der Waals surface area contributed by atoms with Crippen LogP contribution < -0.4 is 26.0 Å². The number of aromatic nitrogens is 1. The van der Waals surface area contributed by atoms with Gasteiger partial charge in [0.25, 0.3) is 5.91 Å². The summed E-state index contributed by atoms with van der Waals surface area (Å²) in [4.78, 5) is 29.1. The van der Waals surface area contributed by atoms with Crippen molar-refractivity contribution in [1.29, 1.82) is 0 Å². The Balaban J connectivity index is 1.82. The summed E-state index contributed by atoms with van der Waals surface area (Å²) in [5.74, 6) is -0.311. The summed E-state index contributed by atoms with van der Waals surface area (Å²) >= 11 is 0. The molecule has 2 aromatic carbocycles. The molecule has 0 bridgehead atoms. The molecule has 0 saturated heterocycles. The Morgan fingerprint density at radius 2 is 1.65 bits per heavy atom. The van der Waals surface area contributed by atoms with Crippen molar-refractivity contribution in [1.82, 2.24) is 15.0 Å². The summed E-state index contributed by atoms with van der Waals surface area (Å²) in [6.45, 7) is 2.26. The second-order valence-corrected chi connectivity index (χ2v) is 9.13. The first-order valence-corrected chi connectivity index (χ1v) is 12.1. The molecule has 178 valence electrons. The van der Waals surface area contributed by atoms with Crippen LogP contribution in [0.25, 0.3) is 0 Å². The van der Waals surface area contributed by atoms with E-state index < -0.39 is 22.0 Å². The lowest BCUT2D eigenvalue weighted by molar-refractivity contribution is 0.102. The molecule has 0 aliphatic heterocycles. The molecule has 11 heteroatoms. The fourth-order valence-electron chi connectivity index (χ4n) is 2.98. The lowest BCUT2D eigenvalue weighted by Gasteiger charge is -2.14. The second-order valence-electron chi connectivity index (χ2n) is 7.20. The van der Waals surface area contributed by atoms with Gasteiger partial charge in [-0.25, -0.2) is 22.9 Å². The number of carbonyl (C=O) groups is 2. The van der Waals surface area contributed by atoms with E-state index in [2.05, 4.69) is 31.0 Å². The zero-order chi connectivity index (χ0) is 24.6. The first-order chi connectivity index (χ1) is 16.3.